The highest BCUT2D eigenvalue weighted by Crippen LogP contribution is 2.22. The lowest BCUT2D eigenvalue weighted by molar-refractivity contribution is 0.474. The van der Waals surface area contributed by atoms with Crippen LogP contribution in [0.5, 0.6) is 5.75 Å². The molecule has 0 radical (unpaired) electrons. The van der Waals surface area contributed by atoms with Crippen LogP contribution in [0.4, 0.5) is 5.82 Å². The molecule has 0 amide bonds. The zero-order chi connectivity index (χ0) is 13.0. The van der Waals surface area contributed by atoms with Crippen LogP contribution in [0.3, 0.4) is 0 Å². The molecular formula is C13H12BrN3O. The van der Waals surface area contributed by atoms with E-state index in [1.54, 1.807) is 18.3 Å². The number of pyridine rings is 1. The van der Waals surface area contributed by atoms with Gasteiger partial charge in [-0.2, -0.15) is 5.10 Å². The molecule has 2 N–H and O–H groups in total. The minimum Gasteiger partial charge on any atom is -0.507 e. The Bertz CT molecular complexity index is 570. The second-order valence-electron chi connectivity index (χ2n) is 3.69. The third kappa shape index (κ3) is 3.07. The van der Waals surface area contributed by atoms with Crippen molar-refractivity contribution in [2.75, 3.05) is 5.43 Å². The standard InChI is InChI=1S/C13H12BrN3O/c1-9(11-8-10(14)5-6-12(11)18)16-17-13-4-2-3-7-15-13/h2-8,18H,1H3,(H,15,17)/b16-9+. The normalized spacial score (nSPS) is 11.3. The number of hydrogen-bond acceptors (Lipinski definition) is 4. The Labute approximate surface area is 114 Å². The van der Waals surface area contributed by atoms with Crippen molar-refractivity contribution in [1.29, 1.82) is 0 Å². The summed E-state index contributed by atoms with van der Waals surface area (Å²) in [5, 5.41) is 13.9. The van der Waals surface area contributed by atoms with Gasteiger partial charge in [-0.25, -0.2) is 4.98 Å². The van der Waals surface area contributed by atoms with Crippen molar-refractivity contribution >= 4 is 27.5 Å². The summed E-state index contributed by atoms with van der Waals surface area (Å²) in [7, 11) is 0. The maximum absolute atomic E-state index is 9.76. The van der Waals surface area contributed by atoms with E-state index in [9.17, 15) is 5.11 Å². The molecule has 4 nitrogen and oxygen atoms in total. The SMILES string of the molecule is C/C(=N\Nc1ccccn1)c1cc(Br)ccc1O. The van der Waals surface area contributed by atoms with Crippen LogP contribution in [0.25, 0.3) is 0 Å². The van der Waals surface area contributed by atoms with E-state index in [2.05, 4.69) is 31.4 Å². The smallest absolute Gasteiger partial charge is 0.146 e. The zero-order valence-electron chi connectivity index (χ0n) is 9.76. The van der Waals surface area contributed by atoms with Crippen molar-refractivity contribution in [1.82, 2.24) is 4.98 Å². The number of phenols is 1. The second-order valence-corrected chi connectivity index (χ2v) is 4.60. The molecular weight excluding hydrogens is 294 g/mol. The zero-order valence-corrected chi connectivity index (χ0v) is 11.3. The van der Waals surface area contributed by atoms with Gasteiger partial charge in [-0.1, -0.05) is 22.0 Å². The number of aromatic nitrogens is 1. The van der Waals surface area contributed by atoms with Gasteiger partial charge in [0.2, 0.25) is 0 Å². The van der Waals surface area contributed by atoms with Crippen LogP contribution >= 0.6 is 15.9 Å². The van der Waals surface area contributed by atoms with Gasteiger partial charge >= 0.3 is 0 Å². The predicted molar refractivity (Wildman–Crippen MR) is 75.9 cm³/mol. The van der Waals surface area contributed by atoms with E-state index in [-0.39, 0.29) is 5.75 Å². The number of hydrogen-bond donors (Lipinski definition) is 2. The number of halogens is 1. The Morgan fingerprint density at radius 2 is 2.17 bits per heavy atom. The summed E-state index contributed by atoms with van der Waals surface area (Å²) < 4.78 is 0.891. The van der Waals surface area contributed by atoms with Crippen LogP contribution in [-0.4, -0.2) is 15.8 Å². The summed E-state index contributed by atoms with van der Waals surface area (Å²) in [6.45, 7) is 1.82. The molecule has 1 heterocycles. The maximum Gasteiger partial charge on any atom is 0.146 e. The van der Waals surface area contributed by atoms with Gasteiger partial charge in [-0.05, 0) is 37.3 Å². The Balaban J connectivity index is 2.20. The molecule has 0 fully saturated rings. The van der Waals surface area contributed by atoms with E-state index in [0.717, 1.165) is 4.47 Å². The highest BCUT2D eigenvalue weighted by atomic mass is 79.9. The highest BCUT2D eigenvalue weighted by molar-refractivity contribution is 9.10. The first kappa shape index (κ1) is 12.6. The molecule has 0 aliphatic heterocycles. The van der Waals surface area contributed by atoms with E-state index in [1.165, 1.54) is 0 Å². The third-order valence-corrected chi connectivity index (χ3v) is 2.84. The van der Waals surface area contributed by atoms with Crippen LogP contribution in [-0.2, 0) is 0 Å². The molecule has 2 rings (SSSR count). The average molecular weight is 306 g/mol. The number of benzene rings is 1. The molecule has 5 heteroatoms. The fourth-order valence-electron chi connectivity index (χ4n) is 1.43. The maximum atomic E-state index is 9.76. The first-order valence-corrected chi connectivity index (χ1v) is 6.16. The van der Waals surface area contributed by atoms with Crippen molar-refractivity contribution in [3.8, 4) is 5.75 Å². The number of nitrogens with zero attached hydrogens (tertiary/aromatic N) is 2. The monoisotopic (exact) mass is 305 g/mol. The fraction of sp³-hybridized carbons (Fsp3) is 0.0769. The summed E-state index contributed by atoms with van der Waals surface area (Å²) in [6.07, 6.45) is 1.68. The minimum atomic E-state index is 0.197. The molecule has 92 valence electrons. The fourth-order valence-corrected chi connectivity index (χ4v) is 1.79. The van der Waals surface area contributed by atoms with Gasteiger partial charge in [0.05, 0.1) is 5.71 Å². The largest absolute Gasteiger partial charge is 0.507 e. The Morgan fingerprint density at radius 1 is 1.33 bits per heavy atom. The van der Waals surface area contributed by atoms with Crippen molar-refractivity contribution in [2.24, 2.45) is 5.10 Å². The summed E-state index contributed by atoms with van der Waals surface area (Å²) in [5.41, 5.74) is 4.19. The van der Waals surface area contributed by atoms with E-state index >= 15 is 0 Å². The van der Waals surface area contributed by atoms with Crippen LogP contribution in [0.2, 0.25) is 0 Å². The molecule has 0 bridgehead atoms. The van der Waals surface area contributed by atoms with E-state index < -0.39 is 0 Å². The number of phenolic OH excluding ortho intramolecular Hbond substituents is 1. The lowest BCUT2D eigenvalue weighted by atomic mass is 10.1. The number of aromatic hydroxyl groups is 1. The van der Waals surface area contributed by atoms with Crippen molar-refractivity contribution < 1.29 is 5.11 Å². The lowest BCUT2D eigenvalue weighted by Gasteiger charge is -2.05. The van der Waals surface area contributed by atoms with Crippen molar-refractivity contribution in [2.45, 2.75) is 6.92 Å². The lowest BCUT2D eigenvalue weighted by Crippen LogP contribution is -2.01. The van der Waals surface area contributed by atoms with Gasteiger partial charge in [0.15, 0.2) is 0 Å². The van der Waals surface area contributed by atoms with E-state index in [1.807, 2.05) is 31.2 Å². The molecule has 1 aromatic heterocycles. The van der Waals surface area contributed by atoms with Gasteiger partial charge < -0.3 is 5.11 Å². The number of anilines is 1. The van der Waals surface area contributed by atoms with Gasteiger partial charge in [0.1, 0.15) is 11.6 Å². The first-order chi connectivity index (χ1) is 8.66. The molecule has 18 heavy (non-hydrogen) atoms. The van der Waals surface area contributed by atoms with E-state index in [0.29, 0.717) is 17.1 Å². The third-order valence-electron chi connectivity index (χ3n) is 2.35. The summed E-state index contributed by atoms with van der Waals surface area (Å²) >= 11 is 3.36. The molecule has 0 saturated carbocycles. The van der Waals surface area contributed by atoms with Crippen LogP contribution < -0.4 is 5.43 Å². The molecule has 0 atom stereocenters. The van der Waals surface area contributed by atoms with Gasteiger partial charge in [0.25, 0.3) is 0 Å². The first-order valence-electron chi connectivity index (χ1n) is 5.37. The van der Waals surface area contributed by atoms with Crippen molar-refractivity contribution in [3.05, 3.63) is 52.6 Å². The molecule has 0 unspecified atom stereocenters. The summed E-state index contributed by atoms with van der Waals surface area (Å²) in [6, 6.07) is 10.7. The predicted octanol–water partition coefficient (Wildman–Crippen LogP) is 3.39. The number of hydrazone groups is 1. The summed E-state index contributed by atoms with van der Waals surface area (Å²) in [5.74, 6) is 0.855. The van der Waals surface area contributed by atoms with Crippen LogP contribution in [0.1, 0.15) is 12.5 Å². The molecule has 2 aromatic rings. The Kier molecular flexibility index (Phi) is 3.94. The highest BCUT2D eigenvalue weighted by Gasteiger charge is 2.05. The van der Waals surface area contributed by atoms with Gasteiger partial charge in [-0.3, -0.25) is 5.43 Å². The minimum absolute atomic E-state index is 0.197. The second kappa shape index (κ2) is 5.64. The topological polar surface area (TPSA) is 57.5 Å². The van der Waals surface area contributed by atoms with Crippen molar-refractivity contribution in [3.63, 3.8) is 0 Å². The van der Waals surface area contributed by atoms with Crippen LogP contribution in [0.15, 0.2) is 52.2 Å². The Morgan fingerprint density at radius 3 is 2.89 bits per heavy atom. The van der Waals surface area contributed by atoms with Gasteiger partial charge in [0, 0.05) is 16.2 Å². The molecule has 0 spiro atoms. The number of rotatable bonds is 3. The van der Waals surface area contributed by atoms with Gasteiger partial charge in [-0.15, -0.1) is 0 Å². The average Bonchev–Trinajstić information content (AvgIpc) is 2.40. The van der Waals surface area contributed by atoms with Crippen LogP contribution in [0, 0.1) is 0 Å². The molecule has 0 aliphatic carbocycles. The Hall–Kier alpha value is -1.88. The van der Waals surface area contributed by atoms with E-state index in [4.69, 9.17) is 0 Å². The quantitative estimate of drug-likeness (QED) is 0.675. The number of nitrogens with one attached hydrogen (secondary N) is 1. The molecule has 1 aromatic carbocycles. The summed E-state index contributed by atoms with van der Waals surface area (Å²) in [4.78, 5) is 4.09. The molecule has 0 aliphatic rings. The molecule has 0 saturated heterocycles.